The molecule has 0 saturated heterocycles. The van der Waals surface area contributed by atoms with E-state index < -0.39 is 0 Å². The molecule has 122 valence electrons. The summed E-state index contributed by atoms with van der Waals surface area (Å²) in [5.74, 6) is 2.34. The first-order valence-electron chi connectivity index (χ1n) is 8.00. The second-order valence-electron chi connectivity index (χ2n) is 5.68. The lowest BCUT2D eigenvalue weighted by Gasteiger charge is -2.16. The monoisotopic (exact) mass is 319 g/mol. The summed E-state index contributed by atoms with van der Waals surface area (Å²) in [7, 11) is 0. The van der Waals surface area contributed by atoms with Crippen LogP contribution in [0, 0.1) is 6.92 Å². The average molecular weight is 319 g/mol. The van der Waals surface area contributed by atoms with Crippen LogP contribution in [0.15, 0.2) is 60.9 Å². The lowest BCUT2D eigenvalue weighted by molar-refractivity contribution is 0.866. The molecule has 0 spiro atoms. The molecule has 0 amide bonds. The second-order valence-corrected chi connectivity index (χ2v) is 5.68. The molecule has 2 aromatic heterocycles. The van der Waals surface area contributed by atoms with E-state index in [2.05, 4.69) is 44.6 Å². The van der Waals surface area contributed by atoms with E-state index in [1.807, 2.05) is 49.5 Å². The summed E-state index contributed by atoms with van der Waals surface area (Å²) in [5.41, 5.74) is 2.33. The van der Waals surface area contributed by atoms with Gasteiger partial charge >= 0.3 is 0 Å². The molecule has 3 aromatic rings. The summed E-state index contributed by atoms with van der Waals surface area (Å²) >= 11 is 0. The fraction of sp³-hybridized carbons (Fsp3) is 0.211. The number of hydrogen-bond acceptors (Lipinski definition) is 5. The normalized spacial score (nSPS) is 11.8. The van der Waals surface area contributed by atoms with Gasteiger partial charge in [-0.05, 0) is 31.0 Å². The molecule has 24 heavy (non-hydrogen) atoms. The van der Waals surface area contributed by atoms with E-state index in [4.69, 9.17) is 0 Å². The van der Waals surface area contributed by atoms with Gasteiger partial charge in [-0.25, -0.2) is 9.97 Å². The number of nitrogens with one attached hydrogen (secondary N) is 2. The van der Waals surface area contributed by atoms with E-state index in [0.29, 0.717) is 6.54 Å². The van der Waals surface area contributed by atoms with Crippen LogP contribution in [0.4, 0.5) is 11.6 Å². The van der Waals surface area contributed by atoms with E-state index in [0.717, 1.165) is 23.0 Å². The van der Waals surface area contributed by atoms with Crippen molar-refractivity contribution in [2.45, 2.75) is 26.4 Å². The van der Waals surface area contributed by atoms with E-state index in [-0.39, 0.29) is 6.04 Å². The van der Waals surface area contributed by atoms with Crippen molar-refractivity contribution >= 4 is 11.6 Å². The standard InChI is InChI=1S/C19H21N5/c1-14(17-8-4-3-5-9-17)22-19-11-18(23-15(2)24-19)21-13-16-7-6-10-20-12-16/h3-12,14H,13H2,1-2H3,(H2,21,22,23,24). The predicted octanol–water partition coefficient (Wildman–Crippen LogP) is 3.97. The van der Waals surface area contributed by atoms with E-state index in [9.17, 15) is 0 Å². The van der Waals surface area contributed by atoms with Crippen LogP contribution in [0.2, 0.25) is 0 Å². The van der Waals surface area contributed by atoms with Gasteiger partial charge in [0.1, 0.15) is 17.5 Å². The van der Waals surface area contributed by atoms with Gasteiger partial charge in [0.15, 0.2) is 0 Å². The zero-order valence-electron chi connectivity index (χ0n) is 13.9. The second kappa shape index (κ2) is 7.55. The third-order valence-corrected chi connectivity index (χ3v) is 3.70. The number of pyridine rings is 1. The minimum absolute atomic E-state index is 0.173. The SMILES string of the molecule is Cc1nc(NCc2cccnc2)cc(NC(C)c2ccccc2)n1. The molecule has 0 aliphatic rings. The summed E-state index contributed by atoms with van der Waals surface area (Å²) < 4.78 is 0. The maximum absolute atomic E-state index is 4.48. The zero-order valence-corrected chi connectivity index (χ0v) is 13.9. The van der Waals surface area contributed by atoms with Gasteiger partial charge in [0.05, 0.1) is 0 Å². The van der Waals surface area contributed by atoms with Gasteiger partial charge in [-0.15, -0.1) is 0 Å². The van der Waals surface area contributed by atoms with Crippen molar-refractivity contribution in [3.63, 3.8) is 0 Å². The third kappa shape index (κ3) is 4.29. The van der Waals surface area contributed by atoms with Crippen LogP contribution >= 0.6 is 0 Å². The molecule has 0 aliphatic heterocycles. The van der Waals surface area contributed by atoms with E-state index in [1.54, 1.807) is 6.20 Å². The van der Waals surface area contributed by atoms with Gasteiger partial charge in [0.25, 0.3) is 0 Å². The Morgan fingerprint density at radius 3 is 2.54 bits per heavy atom. The Hall–Kier alpha value is -2.95. The van der Waals surface area contributed by atoms with Gasteiger partial charge < -0.3 is 10.6 Å². The smallest absolute Gasteiger partial charge is 0.132 e. The number of anilines is 2. The van der Waals surface area contributed by atoms with Crippen molar-refractivity contribution < 1.29 is 0 Å². The molecule has 5 heteroatoms. The first kappa shape index (κ1) is 15.9. The molecule has 1 aromatic carbocycles. The van der Waals surface area contributed by atoms with Crippen LogP contribution in [0.1, 0.15) is 29.9 Å². The minimum Gasteiger partial charge on any atom is -0.366 e. The summed E-state index contributed by atoms with van der Waals surface area (Å²) in [5, 5.41) is 6.76. The molecular weight excluding hydrogens is 298 g/mol. The number of nitrogens with zero attached hydrogens (tertiary/aromatic N) is 3. The Bertz CT molecular complexity index is 774. The van der Waals surface area contributed by atoms with Gasteiger partial charge in [0.2, 0.25) is 0 Å². The molecule has 0 saturated carbocycles. The lowest BCUT2D eigenvalue weighted by atomic mass is 10.1. The number of aryl methyl sites for hydroxylation is 1. The minimum atomic E-state index is 0.173. The number of benzene rings is 1. The molecule has 3 rings (SSSR count). The number of hydrogen-bond donors (Lipinski definition) is 2. The van der Waals surface area contributed by atoms with E-state index >= 15 is 0 Å². The van der Waals surface area contributed by atoms with Gasteiger partial charge in [-0.2, -0.15) is 0 Å². The Morgan fingerprint density at radius 1 is 1.00 bits per heavy atom. The average Bonchev–Trinajstić information content (AvgIpc) is 2.61. The maximum atomic E-state index is 4.48. The fourth-order valence-corrected chi connectivity index (χ4v) is 2.47. The van der Waals surface area contributed by atoms with Crippen molar-refractivity contribution in [2.24, 2.45) is 0 Å². The van der Waals surface area contributed by atoms with E-state index in [1.165, 1.54) is 5.56 Å². The topological polar surface area (TPSA) is 62.7 Å². The molecular formula is C19H21N5. The number of aromatic nitrogens is 3. The molecule has 0 radical (unpaired) electrons. The molecule has 0 fully saturated rings. The first-order chi connectivity index (χ1) is 11.7. The van der Waals surface area contributed by atoms with Crippen LogP contribution in [-0.2, 0) is 6.54 Å². The van der Waals surface area contributed by atoms with Crippen LogP contribution in [0.25, 0.3) is 0 Å². The highest BCUT2D eigenvalue weighted by molar-refractivity contribution is 5.49. The summed E-state index contributed by atoms with van der Waals surface area (Å²) in [6, 6.07) is 16.4. The summed E-state index contributed by atoms with van der Waals surface area (Å²) in [6.45, 7) is 4.70. The Morgan fingerprint density at radius 2 is 1.79 bits per heavy atom. The van der Waals surface area contributed by atoms with Crippen molar-refractivity contribution in [1.29, 1.82) is 0 Å². The molecule has 2 N–H and O–H groups in total. The van der Waals surface area contributed by atoms with Crippen molar-refractivity contribution in [1.82, 2.24) is 15.0 Å². The number of rotatable bonds is 6. The van der Waals surface area contributed by atoms with Crippen molar-refractivity contribution in [3.8, 4) is 0 Å². The van der Waals surface area contributed by atoms with Crippen LogP contribution in [-0.4, -0.2) is 15.0 Å². The molecule has 2 heterocycles. The first-order valence-corrected chi connectivity index (χ1v) is 8.00. The Labute approximate surface area is 142 Å². The maximum Gasteiger partial charge on any atom is 0.132 e. The quantitative estimate of drug-likeness (QED) is 0.720. The molecule has 1 unspecified atom stereocenters. The molecule has 5 nitrogen and oxygen atoms in total. The molecule has 0 bridgehead atoms. The van der Waals surface area contributed by atoms with Crippen molar-refractivity contribution in [3.05, 3.63) is 77.9 Å². The summed E-state index contributed by atoms with van der Waals surface area (Å²) in [6.07, 6.45) is 3.61. The third-order valence-electron chi connectivity index (χ3n) is 3.70. The zero-order chi connectivity index (χ0) is 16.8. The highest BCUT2D eigenvalue weighted by atomic mass is 15.1. The largest absolute Gasteiger partial charge is 0.366 e. The van der Waals surface area contributed by atoms with Gasteiger partial charge in [-0.3, -0.25) is 4.98 Å². The van der Waals surface area contributed by atoms with Crippen LogP contribution in [0.3, 0.4) is 0 Å². The van der Waals surface area contributed by atoms with Crippen LogP contribution in [0.5, 0.6) is 0 Å². The molecule has 0 aliphatic carbocycles. The summed E-state index contributed by atoms with van der Waals surface area (Å²) in [4.78, 5) is 13.0. The van der Waals surface area contributed by atoms with Gasteiger partial charge in [-0.1, -0.05) is 36.4 Å². The highest BCUT2D eigenvalue weighted by Crippen LogP contribution is 2.19. The molecule has 1 atom stereocenters. The highest BCUT2D eigenvalue weighted by Gasteiger charge is 2.07. The lowest BCUT2D eigenvalue weighted by Crippen LogP contribution is -2.10. The van der Waals surface area contributed by atoms with Crippen molar-refractivity contribution in [2.75, 3.05) is 10.6 Å². The Balaban J connectivity index is 1.69. The van der Waals surface area contributed by atoms with Crippen LogP contribution < -0.4 is 10.6 Å². The Kier molecular flexibility index (Phi) is 5.01. The predicted molar refractivity (Wildman–Crippen MR) is 96.8 cm³/mol. The van der Waals surface area contributed by atoms with Gasteiger partial charge in [0, 0.05) is 31.0 Å². The fourth-order valence-electron chi connectivity index (χ4n) is 2.47.